The van der Waals surface area contributed by atoms with Crippen LogP contribution in [0, 0.1) is 6.92 Å². The fourth-order valence-corrected chi connectivity index (χ4v) is 1.85. The van der Waals surface area contributed by atoms with Gasteiger partial charge in [-0.25, -0.2) is 4.98 Å². The van der Waals surface area contributed by atoms with Crippen molar-refractivity contribution in [3.8, 4) is 0 Å². The molecular weight excluding hydrogens is 256 g/mol. The lowest BCUT2D eigenvalue weighted by atomic mass is 10.3. The van der Waals surface area contributed by atoms with Gasteiger partial charge in [0.2, 0.25) is 0 Å². The van der Waals surface area contributed by atoms with Gasteiger partial charge in [0.05, 0.1) is 6.61 Å². The van der Waals surface area contributed by atoms with Crippen LogP contribution in [0.15, 0.2) is 24.5 Å². The number of carbonyl (C=O) groups is 1. The summed E-state index contributed by atoms with van der Waals surface area (Å²) in [6.45, 7) is 4.72. The van der Waals surface area contributed by atoms with E-state index in [1.807, 2.05) is 29.7 Å². The van der Waals surface area contributed by atoms with Crippen LogP contribution in [-0.2, 0) is 4.74 Å². The van der Waals surface area contributed by atoms with Gasteiger partial charge in [-0.1, -0.05) is 0 Å². The summed E-state index contributed by atoms with van der Waals surface area (Å²) in [5.41, 5.74) is 2.35. The van der Waals surface area contributed by atoms with E-state index in [1.165, 1.54) is 0 Å². The molecule has 0 aliphatic carbocycles. The molecule has 2 rings (SSSR count). The van der Waals surface area contributed by atoms with E-state index in [0.29, 0.717) is 25.4 Å². The zero-order chi connectivity index (χ0) is 14.4. The predicted molar refractivity (Wildman–Crippen MR) is 77.0 cm³/mol. The van der Waals surface area contributed by atoms with E-state index in [4.69, 9.17) is 4.74 Å². The van der Waals surface area contributed by atoms with Crippen molar-refractivity contribution in [2.75, 3.05) is 33.4 Å². The van der Waals surface area contributed by atoms with Crippen molar-refractivity contribution in [1.29, 1.82) is 0 Å². The molecule has 2 aromatic heterocycles. The zero-order valence-electron chi connectivity index (χ0n) is 11.8. The van der Waals surface area contributed by atoms with Gasteiger partial charge in [-0.05, 0) is 24.6 Å². The van der Waals surface area contributed by atoms with Gasteiger partial charge in [0.1, 0.15) is 11.3 Å². The molecule has 0 unspecified atom stereocenters. The van der Waals surface area contributed by atoms with Gasteiger partial charge in [0.25, 0.3) is 5.91 Å². The van der Waals surface area contributed by atoms with Crippen LogP contribution in [0.4, 0.5) is 0 Å². The number of fused-ring (bicyclic) bond motifs is 1. The van der Waals surface area contributed by atoms with Gasteiger partial charge in [-0.2, -0.15) is 0 Å². The number of ether oxygens (including phenoxy) is 1. The molecule has 0 aliphatic rings. The van der Waals surface area contributed by atoms with E-state index in [-0.39, 0.29) is 5.91 Å². The average Bonchev–Trinajstić information content (AvgIpc) is 2.85. The Morgan fingerprint density at radius 3 is 3.05 bits per heavy atom. The Hall–Kier alpha value is -1.92. The van der Waals surface area contributed by atoms with E-state index < -0.39 is 0 Å². The first-order valence-electron chi connectivity index (χ1n) is 6.64. The third-order valence-electron chi connectivity index (χ3n) is 2.92. The minimum Gasteiger partial charge on any atom is -0.383 e. The highest BCUT2D eigenvalue weighted by atomic mass is 16.5. The molecule has 2 heterocycles. The SMILES string of the molecule is COCCNCCNC(=O)c1cn2ccc(C)cc2n1. The normalized spacial score (nSPS) is 10.9. The molecule has 108 valence electrons. The van der Waals surface area contributed by atoms with E-state index in [1.54, 1.807) is 13.3 Å². The molecular formula is C14H20N4O2. The number of hydrogen-bond donors (Lipinski definition) is 2. The monoisotopic (exact) mass is 276 g/mol. The fourth-order valence-electron chi connectivity index (χ4n) is 1.85. The molecule has 2 N–H and O–H groups in total. The summed E-state index contributed by atoms with van der Waals surface area (Å²) in [7, 11) is 1.66. The summed E-state index contributed by atoms with van der Waals surface area (Å²) in [6.07, 6.45) is 3.64. The number of pyridine rings is 1. The average molecular weight is 276 g/mol. The lowest BCUT2D eigenvalue weighted by molar-refractivity contribution is 0.0949. The van der Waals surface area contributed by atoms with Crippen LogP contribution in [0.5, 0.6) is 0 Å². The minimum absolute atomic E-state index is 0.153. The van der Waals surface area contributed by atoms with Crippen LogP contribution in [0.3, 0.4) is 0 Å². The summed E-state index contributed by atoms with van der Waals surface area (Å²) in [4.78, 5) is 16.3. The first kappa shape index (κ1) is 14.5. The Labute approximate surface area is 118 Å². The molecule has 0 radical (unpaired) electrons. The second-order valence-electron chi connectivity index (χ2n) is 4.59. The maximum Gasteiger partial charge on any atom is 0.271 e. The Balaban J connectivity index is 1.85. The number of aromatic nitrogens is 2. The molecule has 0 saturated carbocycles. The van der Waals surface area contributed by atoms with Crippen LogP contribution in [0.1, 0.15) is 16.1 Å². The molecule has 6 nitrogen and oxygen atoms in total. The summed E-state index contributed by atoms with van der Waals surface area (Å²) >= 11 is 0. The second kappa shape index (κ2) is 7.02. The van der Waals surface area contributed by atoms with Crippen LogP contribution in [0.25, 0.3) is 5.65 Å². The number of nitrogens with one attached hydrogen (secondary N) is 2. The maximum absolute atomic E-state index is 11.9. The number of amides is 1. The smallest absolute Gasteiger partial charge is 0.271 e. The maximum atomic E-state index is 11.9. The number of methoxy groups -OCH3 is 1. The molecule has 0 saturated heterocycles. The van der Waals surface area contributed by atoms with Crippen LogP contribution < -0.4 is 10.6 Å². The molecule has 2 aromatic rings. The fraction of sp³-hybridized carbons (Fsp3) is 0.429. The van der Waals surface area contributed by atoms with E-state index in [9.17, 15) is 4.79 Å². The number of rotatable bonds is 7. The van der Waals surface area contributed by atoms with Crippen molar-refractivity contribution in [3.63, 3.8) is 0 Å². The zero-order valence-corrected chi connectivity index (χ0v) is 11.8. The van der Waals surface area contributed by atoms with Gasteiger partial charge >= 0.3 is 0 Å². The molecule has 0 fully saturated rings. The standard InChI is InChI=1S/C14H20N4O2/c1-11-3-7-18-10-12(17-13(18)9-11)14(19)16-5-4-15-6-8-20-2/h3,7,9-10,15H,4-6,8H2,1-2H3,(H,16,19). The summed E-state index contributed by atoms with van der Waals surface area (Å²) in [6, 6.07) is 3.93. The first-order chi connectivity index (χ1) is 9.70. The van der Waals surface area contributed by atoms with Gasteiger partial charge in [-0.15, -0.1) is 0 Å². The Kier molecular flexibility index (Phi) is 5.09. The highest BCUT2D eigenvalue weighted by Crippen LogP contribution is 2.07. The Morgan fingerprint density at radius 1 is 1.40 bits per heavy atom. The van der Waals surface area contributed by atoms with Crippen LogP contribution >= 0.6 is 0 Å². The minimum atomic E-state index is -0.153. The summed E-state index contributed by atoms with van der Waals surface area (Å²) in [5, 5.41) is 6.00. The summed E-state index contributed by atoms with van der Waals surface area (Å²) in [5.74, 6) is -0.153. The topological polar surface area (TPSA) is 67.7 Å². The van der Waals surface area contributed by atoms with Crippen LogP contribution in [0.2, 0.25) is 0 Å². The van der Waals surface area contributed by atoms with Crippen molar-refractivity contribution in [2.45, 2.75) is 6.92 Å². The Bertz CT molecular complexity index is 580. The molecule has 6 heteroatoms. The van der Waals surface area contributed by atoms with Crippen molar-refractivity contribution < 1.29 is 9.53 Å². The predicted octanol–water partition coefficient (Wildman–Crippen LogP) is 0.609. The van der Waals surface area contributed by atoms with E-state index in [2.05, 4.69) is 15.6 Å². The molecule has 0 aromatic carbocycles. The van der Waals surface area contributed by atoms with Gasteiger partial charge in [0, 0.05) is 39.1 Å². The second-order valence-corrected chi connectivity index (χ2v) is 4.59. The highest BCUT2D eigenvalue weighted by Gasteiger charge is 2.09. The van der Waals surface area contributed by atoms with Crippen molar-refractivity contribution in [1.82, 2.24) is 20.0 Å². The number of aryl methyl sites for hydroxylation is 1. The largest absolute Gasteiger partial charge is 0.383 e. The third-order valence-corrected chi connectivity index (χ3v) is 2.92. The van der Waals surface area contributed by atoms with E-state index in [0.717, 1.165) is 17.8 Å². The van der Waals surface area contributed by atoms with E-state index >= 15 is 0 Å². The van der Waals surface area contributed by atoms with Crippen molar-refractivity contribution in [3.05, 3.63) is 35.8 Å². The van der Waals surface area contributed by atoms with Gasteiger partial charge in [-0.3, -0.25) is 4.79 Å². The van der Waals surface area contributed by atoms with Gasteiger partial charge < -0.3 is 19.8 Å². The molecule has 0 atom stereocenters. The number of hydrogen-bond acceptors (Lipinski definition) is 4. The quantitative estimate of drug-likeness (QED) is 0.727. The lowest BCUT2D eigenvalue weighted by Crippen LogP contribution is -2.33. The number of nitrogens with zero attached hydrogens (tertiary/aromatic N) is 2. The third kappa shape index (κ3) is 3.79. The molecule has 20 heavy (non-hydrogen) atoms. The van der Waals surface area contributed by atoms with Crippen molar-refractivity contribution in [2.24, 2.45) is 0 Å². The summed E-state index contributed by atoms with van der Waals surface area (Å²) < 4.78 is 6.77. The molecule has 0 aliphatic heterocycles. The van der Waals surface area contributed by atoms with Crippen molar-refractivity contribution >= 4 is 11.6 Å². The van der Waals surface area contributed by atoms with Gasteiger partial charge in [0.15, 0.2) is 0 Å². The Morgan fingerprint density at radius 2 is 2.25 bits per heavy atom. The molecule has 1 amide bonds. The number of imidazole rings is 1. The molecule has 0 bridgehead atoms. The highest BCUT2D eigenvalue weighted by molar-refractivity contribution is 5.92. The number of carbonyl (C=O) groups excluding carboxylic acids is 1. The molecule has 0 spiro atoms. The first-order valence-corrected chi connectivity index (χ1v) is 6.64. The van der Waals surface area contributed by atoms with Crippen LogP contribution in [-0.4, -0.2) is 48.6 Å². The lowest BCUT2D eigenvalue weighted by Gasteiger charge is -2.04.